The standard InChI is InChI=1S/C45H29N3O2S/c1-2-9-26(10-3-1)43-46-44(28-17-20-33-31-11-4-6-15-37(31)49-39(33)24-28)48-45(47-43)29-18-21-34-36-23-27(19-22-40(36)51-41(34)25-29)30-13-8-14-35-32-12-5-7-16-38(32)50-42(30)35/h1-25,43-44,46H,(H,47,48). The van der Waals surface area contributed by atoms with Crippen LogP contribution in [0, 0.1) is 0 Å². The van der Waals surface area contributed by atoms with Gasteiger partial charge in [-0.15, -0.1) is 11.3 Å². The second-order valence-corrected chi connectivity index (χ2v) is 14.3. The largest absolute Gasteiger partial charge is 0.456 e. The molecule has 11 rings (SSSR count). The van der Waals surface area contributed by atoms with Crippen LogP contribution in [0.25, 0.3) is 75.2 Å². The Morgan fingerprint density at radius 1 is 0.490 bits per heavy atom. The fourth-order valence-electron chi connectivity index (χ4n) is 7.67. The fourth-order valence-corrected chi connectivity index (χ4v) is 8.80. The van der Waals surface area contributed by atoms with Crippen molar-refractivity contribution in [2.75, 3.05) is 0 Å². The van der Waals surface area contributed by atoms with Gasteiger partial charge in [-0.05, 0) is 53.1 Å². The van der Waals surface area contributed by atoms with Crippen molar-refractivity contribution in [3.63, 3.8) is 0 Å². The first-order chi connectivity index (χ1) is 25.2. The number of para-hydroxylation sites is 3. The highest BCUT2D eigenvalue weighted by molar-refractivity contribution is 7.25. The molecule has 2 unspecified atom stereocenters. The molecule has 0 spiro atoms. The number of furan rings is 2. The molecule has 242 valence electrons. The van der Waals surface area contributed by atoms with Gasteiger partial charge >= 0.3 is 0 Å². The van der Waals surface area contributed by atoms with E-state index in [0.29, 0.717) is 0 Å². The maximum absolute atomic E-state index is 6.39. The van der Waals surface area contributed by atoms with Crippen molar-refractivity contribution >= 4 is 81.2 Å². The molecule has 7 aromatic carbocycles. The van der Waals surface area contributed by atoms with Crippen LogP contribution in [0.5, 0.6) is 0 Å². The third-order valence-corrected chi connectivity index (χ3v) is 11.3. The van der Waals surface area contributed by atoms with E-state index in [9.17, 15) is 0 Å². The van der Waals surface area contributed by atoms with E-state index in [1.807, 2.05) is 41.7 Å². The molecular formula is C45H29N3O2S. The van der Waals surface area contributed by atoms with Gasteiger partial charge in [-0.1, -0.05) is 115 Å². The predicted octanol–water partition coefficient (Wildman–Crippen LogP) is 11.9. The molecule has 3 aromatic heterocycles. The molecule has 1 aliphatic heterocycles. The van der Waals surface area contributed by atoms with Gasteiger partial charge in [-0.3, -0.25) is 5.32 Å². The molecule has 5 nitrogen and oxygen atoms in total. The van der Waals surface area contributed by atoms with Crippen molar-refractivity contribution in [2.45, 2.75) is 12.3 Å². The molecule has 0 saturated carbocycles. The van der Waals surface area contributed by atoms with E-state index in [-0.39, 0.29) is 12.3 Å². The van der Waals surface area contributed by atoms with Gasteiger partial charge in [-0.25, -0.2) is 4.99 Å². The highest BCUT2D eigenvalue weighted by Crippen LogP contribution is 2.41. The van der Waals surface area contributed by atoms with Crippen LogP contribution < -0.4 is 10.6 Å². The maximum Gasteiger partial charge on any atom is 0.143 e. The van der Waals surface area contributed by atoms with Crippen molar-refractivity contribution in [1.82, 2.24) is 10.6 Å². The fraction of sp³-hybridized carbons (Fsp3) is 0.0444. The van der Waals surface area contributed by atoms with E-state index in [0.717, 1.165) is 77.5 Å². The first-order valence-corrected chi connectivity index (χ1v) is 18.0. The van der Waals surface area contributed by atoms with Gasteiger partial charge < -0.3 is 14.2 Å². The number of thiophene rings is 1. The summed E-state index contributed by atoms with van der Waals surface area (Å²) in [6.07, 6.45) is -0.401. The maximum atomic E-state index is 6.39. The molecule has 0 amide bonds. The number of hydrogen-bond acceptors (Lipinski definition) is 6. The van der Waals surface area contributed by atoms with Gasteiger partial charge in [-0.2, -0.15) is 0 Å². The molecule has 10 aromatic rings. The topological polar surface area (TPSA) is 62.7 Å². The molecular weight excluding hydrogens is 647 g/mol. The van der Waals surface area contributed by atoms with E-state index < -0.39 is 0 Å². The summed E-state index contributed by atoms with van der Waals surface area (Å²) < 4.78 is 15.1. The van der Waals surface area contributed by atoms with E-state index in [1.165, 1.54) is 20.2 Å². The zero-order valence-corrected chi connectivity index (χ0v) is 28.1. The van der Waals surface area contributed by atoms with Gasteiger partial charge in [0.25, 0.3) is 0 Å². The van der Waals surface area contributed by atoms with Crippen molar-refractivity contribution in [1.29, 1.82) is 0 Å². The summed E-state index contributed by atoms with van der Waals surface area (Å²) in [5.41, 5.74) is 9.11. The number of rotatable bonds is 4. The minimum Gasteiger partial charge on any atom is -0.456 e. The number of nitrogens with one attached hydrogen (secondary N) is 2. The number of benzene rings is 7. The summed E-state index contributed by atoms with van der Waals surface area (Å²) in [6.45, 7) is 0. The smallest absolute Gasteiger partial charge is 0.143 e. The van der Waals surface area contributed by atoms with E-state index in [1.54, 1.807) is 0 Å². The molecule has 0 aliphatic carbocycles. The molecule has 0 bridgehead atoms. The quantitative estimate of drug-likeness (QED) is 0.195. The lowest BCUT2D eigenvalue weighted by molar-refractivity contribution is 0.409. The van der Waals surface area contributed by atoms with E-state index in [2.05, 4.69) is 132 Å². The van der Waals surface area contributed by atoms with Crippen LogP contribution in [-0.2, 0) is 0 Å². The van der Waals surface area contributed by atoms with Crippen LogP contribution in [0.1, 0.15) is 29.0 Å². The zero-order chi connectivity index (χ0) is 33.5. The summed E-state index contributed by atoms with van der Waals surface area (Å²) >= 11 is 1.81. The first kappa shape index (κ1) is 28.6. The highest BCUT2D eigenvalue weighted by atomic mass is 32.1. The van der Waals surface area contributed by atoms with Gasteiger partial charge in [0.1, 0.15) is 40.5 Å². The Bertz CT molecular complexity index is 3010. The summed E-state index contributed by atoms with van der Waals surface area (Å²) in [7, 11) is 0. The highest BCUT2D eigenvalue weighted by Gasteiger charge is 2.26. The molecule has 0 saturated heterocycles. The Labute approximate surface area is 296 Å². The molecule has 2 atom stereocenters. The van der Waals surface area contributed by atoms with Crippen molar-refractivity contribution in [3.8, 4) is 11.1 Å². The molecule has 4 heterocycles. The van der Waals surface area contributed by atoms with Gasteiger partial charge in [0.2, 0.25) is 0 Å². The average Bonchev–Trinajstić information content (AvgIpc) is 3.88. The van der Waals surface area contributed by atoms with Crippen LogP contribution in [-0.4, -0.2) is 5.84 Å². The summed E-state index contributed by atoms with van der Waals surface area (Å²) in [6, 6.07) is 53.3. The van der Waals surface area contributed by atoms with E-state index in [4.69, 9.17) is 13.8 Å². The Kier molecular flexibility index (Phi) is 6.26. The molecule has 1 aliphatic rings. The van der Waals surface area contributed by atoms with Crippen LogP contribution in [0.15, 0.2) is 165 Å². The molecule has 51 heavy (non-hydrogen) atoms. The minimum atomic E-state index is -0.273. The second-order valence-electron chi connectivity index (χ2n) is 13.2. The zero-order valence-electron chi connectivity index (χ0n) is 27.3. The second kappa shape index (κ2) is 11.2. The van der Waals surface area contributed by atoms with Gasteiger partial charge in [0.05, 0.1) is 0 Å². The number of aliphatic imine (C=N–C) groups is 1. The number of hydrogen-bond donors (Lipinski definition) is 2. The molecule has 0 fully saturated rings. The normalized spacial score (nSPS) is 16.4. The Balaban J connectivity index is 1.00. The number of amidine groups is 1. The molecule has 6 heteroatoms. The van der Waals surface area contributed by atoms with Gasteiger partial charge in [0.15, 0.2) is 0 Å². The molecule has 0 radical (unpaired) electrons. The molecule has 2 N–H and O–H groups in total. The number of nitrogens with zero attached hydrogens (tertiary/aromatic N) is 1. The predicted molar refractivity (Wildman–Crippen MR) is 210 cm³/mol. The summed E-state index contributed by atoms with van der Waals surface area (Å²) in [5.74, 6) is 0.855. The van der Waals surface area contributed by atoms with Crippen molar-refractivity contribution in [2.24, 2.45) is 4.99 Å². The lowest BCUT2D eigenvalue weighted by Gasteiger charge is -2.32. The van der Waals surface area contributed by atoms with Crippen LogP contribution in [0.3, 0.4) is 0 Å². The lowest BCUT2D eigenvalue weighted by Crippen LogP contribution is -2.44. The van der Waals surface area contributed by atoms with E-state index >= 15 is 0 Å². The number of fused-ring (bicyclic) bond motifs is 9. The third kappa shape index (κ3) is 4.61. The average molecular weight is 676 g/mol. The summed E-state index contributed by atoms with van der Waals surface area (Å²) in [4.78, 5) is 5.27. The minimum absolute atomic E-state index is 0.128. The van der Waals surface area contributed by atoms with Crippen molar-refractivity contribution in [3.05, 3.63) is 168 Å². The Morgan fingerprint density at radius 3 is 2.10 bits per heavy atom. The van der Waals surface area contributed by atoms with Crippen LogP contribution in [0.2, 0.25) is 0 Å². The van der Waals surface area contributed by atoms with Crippen LogP contribution >= 0.6 is 11.3 Å². The van der Waals surface area contributed by atoms with Gasteiger partial charge in [0, 0.05) is 52.8 Å². The van der Waals surface area contributed by atoms with Crippen molar-refractivity contribution < 1.29 is 8.83 Å². The summed E-state index contributed by atoms with van der Waals surface area (Å²) in [5, 5.41) is 14.4. The Morgan fingerprint density at radius 2 is 1.22 bits per heavy atom. The lowest BCUT2D eigenvalue weighted by atomic mass is 10.00. The SMILES string of the molecule is c1ccc(C2NC(c3ccc4c(c3)sc3ccc(-c5cccc6c5oc5ccccc56)cc34)=NC(c3ccc4c(c3)oc3ccccc34)N2)cc1. The first-order valence-electron chi connectivity index (χ1n) is 17.2. The Hall–Kier alpha value is -6.21. The monoisotopic (exact) mass is 675 g/mol. The van der Waals surface area contributed by atoms with Crippen LogP contribution in [0.4, 0.5) is 0 Å². The third-order valence-electron chi connectivity index (χ3n) is 10.2.